The highest BCUT2D eigenvalue weighted by atomic mass is 19.1. The lowest BCUT2D eigenvalue weighted by atomic mass is 10.1. The first-order valence-corrected chi connectivity index (χ1v) is 8.73. The van der Waals surface area contributed by atoms with Gasteiger partial charge in [-0.3, -0.25) is 9.59 Å². The third-order valence-electron chi connectivity index (χ3n) is 4.39. The molecule has 0 aliphatic carbocycles. The van der Waals surface area contributed by atoms with Crippen molar-refractivity contribution in [3.8, 4) is 5.69 Å². The Hall–Kier alpha value is -3.48. The summed E-state index contributed by atoms with van der Waals surface area (Å²) < 4.78 is 14.8. The van der Waals surface area contributed by atoms with E-state index in [0.29, 0.717) is 33.9 Å². The molecule has 144 valence electrons. The number of hydrogen-bond donors (Lipinski definition) is 1. The van der Waals surface area contributed by atoms with E-state index in [-0.39, 0.29) is 17.6 Å². The van der Waals surface area contributed by atoms with Crippen LogP contribution in [0.25, 0.3) is 5.69 Å². The number of anilines is 1. The summed E-state index contributed by atoms with van der Waals surface area (Å²) in [6, 6.07) is 12.6. The van der Waals surface area contributed by atoms with Crippen LogP contribution in [0.2, 0.25) is 0 Å². The first-order chi connectivity index (χ1) is 13.3. The Morgan fingerprint density at radius 1 is 1.00 bits per heavy atom. The molecule has 0 fully saturated rings. The Morgan fingerprint density at radius 2 is 1.61 bits per heavy atom. The molecule has 3 aromatic rings. The molecular formula is C21H21FN4O2. The summed E-state index contributed by atoms with van der Waals surface area (Å²) in [7, 11) is 3.37. The quantitative estimate of drug-likeness (QED) is 0.752. The molecule has 0 saturated heterocycles. The molecule has 0 radical (unpaired) electrons. The van der Waals surface area contributed by atoms with Crippen LogP contribution in [0.1, 0.15) is 32.1 Å². The minimum absolute atomic E-state index is 0.106. The number of aryl methyl sites for hydroxylation is 1. The standard InChI is InChI=1S/C21H21FN4O2/c1-13-19(14(2)26(24-13)18-11-7-16(22)8-12-18)20(27)23-17-9-5-15(6-10-17)21(28)25(3)4/h5-12H,1-4H3,(H,23,27). The van der Waals surface area contributed by atoms with Crippen LogP contribution >= 0.6 is 0 Å². The third kappa shape index (κ3) is 3.78. The van der Waals surface area contributed by atoms with Crippen LogP contribution in [-0.2, 0) is 0 Å². The lowest BCUT2D eigenvalue weighted by Gasteiger charge is -2.11. The van der Waals surface area contributed by atoms with E-state index in [1.807, 2.05) is 0 Å². The zero-order valence-electron chi connectivity index (χ0n) is 16.2. The minimum Gasteiger partial charge on any atom is -0.345 e. The molecule has 3 rings (SSSR count). The van der Waals surface area contributed by atoms with Crippen LogP contribution in [0.4, 0.5) is 10.1 Å². The smallest absolute Gasteiger partial charge is 0.259 e. The second-order valence-electron chi connectivity index (χ2n) is 6.67. The Labute approximate surface area is 162 Å². The first kappa shape index (κ1) is 19.3. The number of hydrogen-bond acceptors (Lipinski definition) is 3. The summed E-state index contributed by atoms with van der Waals surface area (Å²) in [4.78, 5) is 26.2. The Morgan fingerprint density at radius 3 is 2.18 bits per heavy atom. The number of carbonyl (C=O) groups excluding carboxylic acids is 2. The average Bonchev–Trinajstić information content (AvgIpc) is 2.96. The summed E-state index contributed by atoms with van der Waals surface area (Å²) in [5, 5.41) is 7.24. The Balaban J connectivity index is 1.83. The number of nitrogens with one attached hydrogen (secondary N) is 1. The van der Waals surface area contributed by atoms with E-state index in [9.17, 15) is 14.0 Å². The number of benzene rings is 2. The van der Waals surface area contributed by atoms with Gasteiger partial charge in [-0.25, -0.2) is 9.07 Å². The summed E-state index contributed by atoms with van der Waals surface area (Å²) in [5.74, 6) is -0.736. The van der Waals surface area contributed by atoms with Gasteiger partial charge in [0.1, 0.15) is 5.82 Å². The van der Waals surface area contributed by atoms with E-state index in [1.165, 1.54) is 17.0 Å². The van der Waals surface area contributed by atoms with Gasteiger partial charge in [0.2, 0.25) is 0 Å². The fourth-order valence-corrected chi connectivity index (χ4v) is 2.95. The number of aromatic nitrogens is 2. The van der Waals surface area contributed by atoms with Gasteiger partial charge in [0.05, 0.1) is 22.6 Å². The van der Waals surface area contributed by atoms with Gasteiger partial charge in [-0.1, -0.05) is 0 Å². The van der Waals surface area contributed by atoms with E-state index >= 15 is 0 Å². The summed E-state index contributed by atoms with van der Waals surface area (Å²) in [6.07, 6.45) is 0. The second kappa shape index (κ2) is 7.64. The van der Waals surface area contributed by atoms with Crippen molar-refractivity contribution in [2.75, 3.05) is 19.4 Å². The predicted octanol–water partition coefficient (Wildman–Crippen LogP) is 3.58. The molecule has 0 aliphatic rings. The van der Waals surface area contributed by atoms with Crippen molar-refractivity contribution >= 4 is 17.5 Å². The average molecular weight is 380 g/mol. The summed E-state index contributed by atoms with van der Waals surface area (Å²) >= 11 is 0. The SMILES string of the molecule is Cc1nn(-c2ccc(F)cc2)c(C)c1C(=O)Nc1ccc(C(=O)N(C)C)cc1. The largest absolute Gasteiger partial charge is 0.345 e. The van der Waals surface area contributed by atoms with E-state index in [0.717, 1.165) is 0 Å². The highest BCUT2D eigenvalue weighted by Crippen LogP contribution is 2.20. The number of nitrogens with zero attached hydrogens (tertiary/aromatic N) is 3. The van der Waals surface area contributed by atoms with Gasteiger partial charge < -0.3 is 10.2 Å². The lowest BCUT2D eigenvalue weighted by Crippen LogP contribution is -2.21. The van der Waals surface area contributed by atoms with E-state index < -0.39 is 0 Å². The monoisotopic (exact) mass is 380 g/mol. The van der Waals surface area contributed by atoms with Crippen LogP contribution < -0.4 is 5.32 Å². The van der Waals surface area contributed by atoms with Gasteiger partial charge in [0.15, 0.2) is 0 Å². The number of halogens is 1. The maximum atomic E-state index is 13.2. The summed E-state index contributed by atoms with van der Waals surface area (Å²) in [6.45, 7) is 3.54. The van der Waals surface area contributed by atoms with Crippen molar-refractivity contribution < 1.29 is 14.0 Å². The van der Waals surface area contributed by atoms with Crippen molar-refractivity contribution in [3.05, 3.63) is 76.9 Å². The zero-order chi connectivity index (χ0) is 20.4. The second-order valence-corrected chi connectivity index (χ2v) is 6.67. The Bertz CT molecular complexity index is 1020. The number of amides is 2. The van der Waals surface area contributed by atoms with Crippen molar-refractivity contribution in [1.29, 1.82) is 0 Å². The molecule has 1 heterocycles. The zero-order valence-corrected chi connectivity index (χ0v) is 16.2. The van der Waals surface area contributed by atoms with Gasteiger partial charge in [0, 0.05) is 25.3 Å². The molecule has 2 amide bonds. The van der Waals surface area contributed by atoms with Gasteiger partial charge in [-0.15, -0.1) is 0 Å². The molecule has 2 aromatic carbocycles. The molecule has 0 unspecified atom stereocenters. The van der Waals surface area contributed by atoms with Crippen LogP contribution in [0, 0.1) is 19.7 Å². The molecule has 6 nitrogen and oxygen atoms in total. The molecule has 0 spiro atoms. The van der Waals surface area contributed by atoms with Crippen molar-refractivity contribution in [3.63, 3.8) is 0 Å². The van der Waals surface area contributed by atoms with Gasteiger partial charge >= 0.3 is 0 Å². The normalized spacial score (nSPS) is 10.6. The highest BCUT2D eigenvalue weighted by Gasteiger charge is 2.20. The van der Waals surface area contributed by atoms with E-state index in [4.69, 9.17) is 0 Å². The molecule has 1 aromatic heterocycles. The Kier molecular flexibility index (Phi) is 5.26. The van der Waals surface area contributed by atoms with Crippen LogP contribution in [0.15, 0.2) is 48.5 Å². The predicted molar refractivity (Wildman–Crippen MR) is 105 cm³/mol. The van der Waals surface area contributed by atoms with Crippen LogP contribution in [0.5, 0.6) is 0 Å². The van der Waals surface area contributed by atoms with Crippen LogP contribution in [-0.4, -0.2) is 40.6 Å². The molecule has 7 heteroatoms. The fraction of sp³-hybridized carbons (Fsp3) is 0.190. The van der Waals surface area contributed by atoms with Gasteiger partial charge in [0.25, 0.3) is 11.8 Å². The van der Waals surface area contributed by atoms with Crippen molar-refractivity contribution in [1.82, 2.24) is 14.7 Å². The highest BCUT2D eigenvalue weighted by molar-refractivity contribution is 6.06. The molecule has 28 heavy (non-hydrogen) atoms. The fourth-order valence-electron chi connectivity index (χ4n) is 2.95. The van der Waals surface area contributed by atoms with Gasteiger partial charge in [-0.05, 0) is 62.4 Å². The maximum Gasteiger partial charge on any atom is 0.259 e. The third-order valence-corrected chi connectivity index (χ3v) is 4.39. The van der Waals surface area contributed by atoms with E-state index in [2.05, 4.69) is 10.4 Å². The minimum atomic E-state index is -0.334. The van der Waals surface area contributed by atoms with Crippen molar-refractivity contribution in [2.45, 2.75) is 13.8 Å². The molecule has 0 aliphatic heterocycles. The molecular weight excluding hydrogens is 359 g/mol. The topological polar surface area (TPSA) is 67.2 Å². The maximum absolute atomic E-state index is 13.2. The molecule has 0 atom stereocenters. The number of carbonyl (C=O) groups is 2. The van der Waals surface area contributed by atoms with Crippen molar-refractivity contribution in [2.24, 2.45) is 0 Å². The molecule has 0 saturated carbocycles. The van der Waals surface area contributed by atoms with Gasteiger partial charge in [-0.2, -0.15) is 5.10 Å². The van der Waals surface area contributed by atoms with Crippen LogP contribution in [0.3, 0.4) is 0 Å². The molecule has 1 N–H and O–H groups in total. The first-order valence-electron chi connectivity index (χ1n) is 8.73. The van der Waals surface area contributed by atoms with E-state index in [1.54, 1.807) is 69.0 Å². The number of rotatable bonds is 4. The molecule has 0 bridgehead atoms. The summed E-state index contributed by atoms with van der Waals surface area (Å²) in [5.41, 5.74) is 3.47. The lowest BCUT2D eigenvalue weighted by molar-refractivity contribution is 0.0827.